The third-order valence-electron chi connectivity index (χ3n) is 7.91. The Bertz CT molecular complexity index is 685. The molecule has 0 spiro atoms. The summed E-state index contributed by atoms with van der Waals surface area (Å²) in [5.41, 5.74) is -1.28. The summed E-state index contributed by atoms with van der Waals surface area (Å²) in [6, 6.07) is 0.193. The van der Waals surface area contributed by atoms with Gasteiger partial charge in [0.05, 0.1) is 23.0 Å². The lowest BCUT2D eigenvalue weighted by atomic mass is 9.55. The van der Waals surface area contributed by atoms with Gasteiger partial charge in [0.25, 0.3) is 0 Å². The van der Waals surface area contributed by atoms with Gasteiger partial charge in [-0.25, -0.2) is 4.39 Å². The second-order valence-corrected chi connectivity index (χ2v) is 10.6. The first-order chi connectivity index (χ1) is 15.3. The number of alkyl halides is 2. The van der Waals surface area contributed by atoms with Gasteiger partial charge in [-0.3, -0.25) is 9.59 Å². The van der Waals surface area contributed by atoms with Crippen molar-refractivity contribution in [2.24, 2.45) is 5.41 Å². The zero-order valence-electron chi connectivity index (χ0n) is 18.5. The molecule has 5 N–H and O–H groups in total. The van der Waals surface area contributed by atoms with Gasteiger partial charge in [0, 0.05) is 44.2 Å². The van der Waals surface area contributed by atoms with Crippen molar-refractivity contribution in [1.82, 2.24) is 21.3 Å². The minimum Gasteiger partial charge on any atom is -0.392 e. The number of rotatable bonds is 7. The first kappa shape index (κ1) is 24.1. The van der Waals surface area contributed by atoms with Crippen LogP contribution in [0.5, 0.6) is 0 Å². The molecule has 5 aliphatic rings. The van der Waals surface area contributed by atoms with Gasteiger partial charge >= 0.3 is 0 Å². The maximum Gasteiger partial charge on any atom is 0.246 e. The smallest absolute Gasteiger partial charge is 0.246 e. The Hall–Kier alpha value is -1.00. The van der Waals surface area contributed by atoms with Crippen LogP contribution in [0, 0.1) is 5.41 Å². The fraction of sp³-hybridized carbons (Fsp3) is 0.909. The molecule has 4 aliphatic carbocycles. The summed E-state index contributed by atoms with van der Waals surface area (Å²) in [6.45, 7) is 3.02. The molecule has 1 heterocycles. The van der Waals surface area contributed by atoms with Crippen LogP contribution >= 0.6 is 11.6 Å². The van der Waals surface area contributed by atoms with E-state index in [1.807, 2.05) is 0 Å². The number of amides is 2. The van der Waals surface area contributed by atoms with E-state index >= 15 is 0 Å². The van der Waals surface area contributed by atoms with Gasteiger partial charge in [-0.2, -0.15) is 0 Å². The van der Waals surface area contributed by atoms with E-state index < -0.39 is 28.6 Å². The van der Waals surface area contributed by atoms with Crippen molar-refractivity contribution in [1.29, 1.82) is 0 Å². The predicted molar refractivity (Wildman–Crippen MR) is 118 cm³/mol. The normalized spacial score (nSPS) is 41.8. The van der Waals surface area contributed by atoms with Crippen molar-refractivity contribution in [2.45, 2.75) is 86.7 Å². The molecule has 5 rings (SSSR count). The van der Waals surface area contributed by atoms with Crippen molar-refractivity contribution in [2.75, 3.05) is 32.8 Å². The molecule has 0 radical (unpaired) electrons. The molecule has 5 unspecified atom stereocenters. The van der Waals surface area contributed by atoms with Gasteiger partial charge in [0.15, 0.2) is 0 Å². The number of halogens is 2. The number of aliphatic hydroxyl groups excluding tert-OH is 1. The van der Waals surface area contributed by atoms with E-state index in [1.165, 1.54) is 0 Å². The van der Waals surface area contributed by atoms with Crippen LogP contribution in [0.2, 0.25) is 0 Å². The zero-order chi connectivity index (χ0) is 22.8. The molecule has 1 aliphatic heterocycles. The molecule has 32 heavy (non-hydrogen) atoms. The second kappa shape index (κ2) is 10.1. The highest BCUT2D eigenvalue weighted by Crippen LogP contribution is 2.52. The summed E-state index contributed by atoms with van der Waals surface area (Å²) in [5.74, 6) is -0.341. The van der Waals surface area contributed by atoms with Crippen molar-refractivity contribution in [3.05, 3.63) is 0 Å². The molecule has 1 saturated heterocycles. The van der Waals surface area contributed by atoms with E-state index in [4.69, 9.17) is 16.3 Å². The van der Waals surface area contributed by atoms with Gasteiger partial charge in [-0.15, -0.1) is 11.6 Å². The van der Waals surface area contributed by atoms with Crippen LogP contribution in [0.25, 0.3) is 0 Å². The number of ether oxygens (including phenoxy) is 1. The van der Waals surface area contributed by atoms with E-state index in [2.05, 4.69) is 21.3 Å². The summed E-state index contributed by atoms with van der Waals surface area (Å²) >= 11 is 5.90. The van der Waals surface area contributed by atoms with Crippen molar-refractivity contribution >= 4 is 23.4 Å². The summed E-state index contributed by atoms with van der Waals surface area (Å²) in [5, 5.41) is 23.2. The first-order valence-electron chi connectivity index (χ1n) is 11.9. The largest absolute Gasteiger partial charge is 0.392 e. The number of carbonyl (C=O) groups is 2. The summed E-state index contributed by atoms with van der Waals surface area (Å²) in [6.07, 6.45) is 1.96. The monoisotopic (exact) mass is 474 g/mol. The molecule has 0 aromatic heterocycles. The van der Waals surface area contributed by atoms with E-state index in [0.717, 1.165) is 19.6 Å². The average Bonchev–Trinajstić information content (AvgIpc) is 2.79. The van der Waals surface area contributed by atoms with Crippen molar-refractivity contribution in [3.63, 3.8) is 0 Å². The van der Waals surface area contributed by atoms with Crippen LogP contribution < -0.4 is 21.3 Å². The molecule has 8 nitrogen and oxygen atoms in total. The lowest BCUT2D eigenvalue weighted by Crippen LogP contribution is -2.66. The number of hydrogen-bond donors (Lipinski definition) is 5. The average molecular weight is 475 g/mol. The Balaban J connectivity index is 1.24. The zero-order valence-corrected chi connectivity index (χ0v) is 19.3. The molecule has 0 aromatic rings. The Labute approximate surface area is 193 Å². The highest BCUT2D eigenvalue weighted by molar-refractivity contribution is 6.21. The topological polar surface area (TPSA) is 112 Å². The van der Waals surface area contributed by atoms with E-state index in [-0.39, 0.29) is 37.0 Å². The molecule has 4 saturated carbocycles. The number of piperazine rings is 1. The van der Waals surface area contributed by atoms with E-state index in [9.17, 15) is 19.1 Å². The Morgan fingerprint density at radius 1 is 1.19 bits per heavy atom. The Kier molecular flexibility index (Phi) is 7.61. The maximum absolute atomic E-state index is 13.8. The fourth-order valence-electron chi connectivity index (χ4n) is 5.80. The van der Waals surface area contributed by atoms with Crippen LogP contribution in [-0.2, 0) is 14.3 Å². The standard InChI is InChI=1S/C22H36ClFN4O4/c23-16-2-1-15(9-17(16)24)32-13-19(30)28-21-3-5-22(6-4-21,18(29)10-21)20(31)27-12-14-11-25-7-8-26-14/h14-18,25-26,29H,1-13H2,(H,27,31)(H,28,30). The number of hydrogen-bond acceptors (Lipinski definition) is 6. The van der Waals surface area contributed by atoms with Crippen molar-refractivity contribution in [3.8, 4) is 0 Å². The minimum absolute atomic E-state index is 0.0870. The molecule has 10 heteroatoms. The lowest BCUT2D eigenvalue weighted by Gasteiger charge is -2.55. The van der Waals surface area contributed by atoms with Gasteiger partial charge in [-0.1, -0.05) is 0 Å². The Morgan fingerprint density at radius 3 is 2.62 bits per heavy atom. The molecular formula is C22H36ClFN4O4. The summed E-state index contributed by atoms with van der Waals surface area (Å²) in [4.78, 5) is 25.6. The number of fused-ring (bicyclic) bond motifs is 3. The van der Waals surface area contributed by atoms with Crippen molar-refractivity contribution < 1.29 is 23.8 Å². The molecule has 2 amide bonds. The summed E-state index contributed by atoms with van der Waals surface area (Å²) < 4.78 is 19.4. The third kappa shape index (κ3) is 5.22. The van der Waals surface area contributed by atoms with Crippen LogP contribution in [0.4, 0.5) is 4.39 Å². The fourth-order valence-corrected chi connectivity index (χ4v) is 6.03. The minimum atomic E-state index is -1.10. The number of nitrogens with one attached hydrogen (secondary N) is 4. The van der Waals surface area contributed by atoms with E-state index in [0.29, 0.717) is 51.5 Å². The molecule has 5 fully saturated rings. The summed E-state index contributed by atoms with van der Waals surface area (Å²) in [7, 11) is 0. The van der Waals surface area contributed by atoms with Gasteiger partial charge in [0.2, 0.25) is 11.8 Å². The van der Waals surface area contributed by atoms with Crippen LogP contribution in [0.3, 0.4) is 0 Å². The lowest BCUT2D eigenvalue weighted by molar-refractivity contribution is -0.157. The molecule has 2 bridgehead atoms. The maximum atomic E-state index is 13.8. The van der Waals surface area contributed by atoms with Gasteiger partial charge < -0.3 is 31.1 Å². The molecular weight excluding hydrogens is 439 g/mol. The van der Waals surface area contributed by atoms with Crippen LogP contribution in [0.15, 0.2) is 0 Å². The quantitative estimate of drug-likeness (QED) is 0.341. The van der Waals surface area contributed by atoms with Crippen LogP contribution in [-0.4, -0.2) is 85.0 Å². The van der Waals surface area contributed by atoms with Gasteiger partial charge in [0.1, 0.15) is 12.8 Å². The van der Waals surface area contributed by atoms with Crippen LogP contribution in [0.1, 0.15) is 51.4 Å². The molecule has 0 aromatic carbocycles. The first-order valence-corrected chi connectivity index (χ1v) is 12.4. The van der Waals surface area contributed by atoms with E-state index in [1.54, 1.807) is 0 Å². The molecule has 5 atom stereocenters. The highest BCUT2D eigenvalue weighted by Gasteiger charge is 2.58. The second-order valence-electron chi connectivity index (χ2n) is 10.0. The Morgan fingerprint density at radius 2 is 1.97 bits per heavy atom. The van der Waals surface area contributed by atoms with Gasteiger partial charge in [-0.05, 0) is 44.9 Å². The predicted octanol–water partition coefficient (Wildman–Crippen LogP) is 0.359. The molecule has 182 valence electrons. The highest BCUT2D eigenvalue weighted by atomic mass is 35.5. The third-order valence-corrected chi connectivity index (χ3v) is 8.40. The number of aliphatic hydroxyl groups is 1. The number of carbonyl (C=O) groups excluding carboxylic acids is 2. The SMILES string of the molecule is O=C(COC1CCC(Cl)C(F)C1)NC12CCC(C(=O)NCC3CNCCN3)(CC1)C(O)C2.